The summed E-state index contributed by atoms with van der Waals surface area (Å²) in [6.45, 7) is 3.15. The van der Waals surface area contributed by atoms with Crippen LogP contribution in [0, 0.1) is 31.3 Å². The maximum Gasteiger partial charge on any atom is 0.339 e. The molecule has 0 aliphatic rings. The van der Waals surface area contributed by atoms with Crippen LogP contribution in [0.2, 0.25) is 0 Å². The number of nitrogens with one attached hydrogen (secondary N) is 1. The van der Waals surface area contributed by atoms with Crippen molar-refractivity contribution in [3.05, 3.63) is 52.5 Å². The van der Waals surface area contributed by atoms with E-state index >= 15 is 0 Å². The Morgan fingerprint density at radius 3 is 2.24 bits per heavy atom. The Balaban J connectivity index is 2.57. The summed E-state index contributed by atoms with van der Waals surface area (Å²) < 4.78 is 40.1. The van der Waals surface area contributed by atoms with Crippen molar-refractivity contribution in [3.63, 3.8) is 0 Å². The molecule has 0 aliphatic carbocycles. The highest BCUT2D eigenvalue weighted by atomic mass is 19.1. The number of hydrogen-bond donors (Lipinski definition) is 2. The fourth-order valence-electron chi connectivity index (χ4n) is 1.98. The summed E-state index contributed by atoms with van der Waals surface area (Å²) in [5.74, 6) is -4.91. The summed E-state index contributed by atoms with van der Waals surface area (Å²) in [5, 5.41) is 11.5. The third-order valence-electron chi connectivity index (χ3n) is 2.81. The van der Waals surface area contributed by atoms with E-state index in [9.17, 15) is 23.1 Å². The lowest BCUT2D eigenvalue weighted by Gasteiger charge is -2.13. The van der Waals surface area contributed by atoms with Crippen molar-refractivity contribution in [2.75, 3.05) is 5.32 Å². The molecule has 2 N–H and O–H groups in total. The Hall–Kier alpha value is -2.57. The summed E-state index contributed by atoms with van der Waals surface area (Å²) >= 11 is 0. The second-order valence-electron chi connectivity index (χ2n) is 4.48. The van der Waals surface area contributed by atoms with E-state index in [0.29, 0.717) is 23.4 Å². The van der Waals surface area contributed by atoms with Crippen molar-refractivity contribution in [2.24, 2.45) is 0 Å². The zero-order valence-electron chi connectivity index (χ0n) is 11.2. The zero-order chi connectivity index (χ0) is 15.7. The molecule has 7 heteroatoms. The molecule has 0 saturated carbocycles. The Morgan fingerprint density at radius 2 is 1.71 bits per heavy atom. The zero-order valence-corrected chi connectivity index (χ0v) is 11.2. The second kappa shape index (κ2) is 5.43. The Morgan fingerprint density at radius 1 is 1.14 bits per heavy atom. The van der Waals surface area contributed by atoms with E-state index in [4.69, 9.17) is 0 Å². The molecule has 0 radical (unpaired) electrons. The van der Waals surface area contributed by atoms with Crippen molar-refractivity contribution in [1.29, 1.82) is 0 Å². The smallest absolute Gasteiger partial charge is 0.339 e. The molecule has 1 heterocycles. The first-order chi connectivity index (χ1) is 9.79. The van der Waals surface area contributed by atoms with E-state index in [2.05, 4.69) is 10.3 Å². The standard InChI is InChI=1S/C14H11F3N2O2/c1-6-3-7(2)18-13(11(6)14(20)21)19-12-9(16)4-8(15)5-10(12)17/h3-5H,1-2H3,(H,18,19)(H,20,21). The number of halogens is 3. The van der Waals surface area contributed by atoms with Crippen LogP contribution in [-0.4, -0.2) is 16.1 Å². The highest BCUT2D eigenvalue weighted by Gasteiger charge is 2.19. The molecule has 0 fully saturated rings. The van der Waals surface area contributed by atoms with Crippen LogP contribution < -0.4 is 5.32 Å². The van der Waals surface area contributed by atoms with Crippen LogP contribution in [0.1, 0.15) is 21.6 Å². The Labute approximate surface area is 118 Å². The number of rotatable bonds is 3. The van der Waals surface area contributed by atoms with Gasteiger partial charge in [0.2, 0.25) is 0 Å². The number of nitrogens with zero attached hydrogens (tertiary/aromatic N) is 1. The van der Waals surface area contributed by atoms with E-state index in [1.807, 2.05) is 0 Å². The lowest BCUT2D eigenvalue weighted by atomic mass is 10.1. The molecule has 0 saturated heterocycles. The minimum atomic E-state index is -1.29. The first-order valence-corrected chi connectivity index (χ1v) is 5.92. The SMILES string of the molecule is Cc1cc(C)c(C(=O)O)c(Nc2c(F)cc(F)cc2F)n1. The third-order valence-corrected chi connectivity index (χ3v) is 2.81. The van der Waals surface area contributed by atoms with Gasteiger partial charge in [-0.05, 0) is 25.5 Å². The summed E-state index contributed by atoms with van der Waals surface area (Å²) in [4.78, 5) is 15.2. The summed E-state index contributed by atoms with van der Waals surface area (Å²) in [6, 6.07) is 2.52. The molecule has 1 aromatic carbocycles. The monoisotopic (exact) mass is 296 g/mol. The average molecular weight is 296 g/mol. The molecule has 21 heavy (non-hydrogen) atoms. The summed E-state index contributed by atoms with van der Waals surface area (Å²) in [7, 11) is 0. The van der Waals surface area contributed by atoms with Crippen molar-refractivity contribution in [2.45, 2.75) is 13.8 Å². The molecule has 2 aromatic rings. The maximum atomic E-state index is 13.6. The molecule has 2 rings (SSSR count). The van der Waals surface area contributed by atoms with Gasteiger partial charge in [0.25, 0.3) is 0 Å². The number of aromatic carboxylic acids is 1. The normalized spacial score (nSPS) is 10.5. The highest BCUT2D eigenvalue weighted by Crippen LogP contribution is 2.27. The summed E-state index contributed by atoms with van der Waals surface area (Å²) in [6.07, 6.45) is 0. The van der Waals surface area contributed by atoms with Crippen molar-refractivity contribution in [1.82, 2.24) is 4.98 Å². The molecule has 4 nitrogen and oxygen atoms in total. The molecule has 110 valence electrons. The van der Waals surface area contributed by atoms with Crippen LogP contribution in [0.3, 0.4) is 0 Å². The lowest BCUT2D eigenvalue weighted by molar-refractivity contribution is 0.0697. The van der Waals surface area contributed by atoms with Gasteiger partial charge in [0.1, 0.15) is 22.9 Å². The van der Waals surface area contributed by atoms with E-state index in [1.54, 1.807) is 13.8 Å². The number of hydrogen-bond acceptors (Lipinski definition) is 3. The molecule has 1 aromatic heterocycles. The lowest BCUT2D eigenvalue weighted by Crippen LogP contribution is -2.10. The number of aryl methyl sites for hydroxylation is 2. The van der Waals surface area contributed by atoms with Gasteiger partial charge in [0.05, 0.1) is 0 Å². The molecule has 0 unspecified atom stereocenters. The quantitative estimate of drug-likeness (QED) is 0.909. The number of pyridine rings is 1. The van der Waals surface area contributed by atoms with Gasteiger partial charge in [-0.2, -0.15) is 0 Å². The van der Waals surface area contributed by atoms with Crippen LogP contribution in [0.5, 0.6) is 0 Å². The number of carboxylic acids is 1. The minimum Gasteiger partial charge on any atom is -0.478 e. The molecule has 0 amide bonds. The average Bonchev–Trinajstić information content (AvgIpc) is 2.32. The van der Waals surface area contributed by atoms with Crippen molar-refractivity contribution < 1.29 is 23.1 Å². The van der Waals surface area contributed by atoms with Crippen molar-refractivity contribution in [3.8, 4) is 0 Å². The van der Waals surface area contributed by atoms with Gasteiger partial charge in [0.15, 0.2) is 11.6 Å². The van der Waals surface area contributed by atoms with Gasteiger partial charge < -0.3 is 10.4 Å². The van der Waals surface area contributed by atoms with Gasteiger partial charge in [-0.1, -0.05) is 0 Å². The van der Waals surface area contributed by atoms with Crippen LogP contribution >= 0.6 is 0 Å². The number of aromatic nitrogens is 1. The first kappa shape index (κ1) is 14.8. The van der Waals surface area contributed by atoms with Crippen LogP contribution in [-0.2, 0) is 0 Å². The number of carboxylic acid groups (broad SMARTS) is 1. The number of carbonyl (C=O) groups is 1. The molecule has 0 spiro atoms. The Kier molecular flexibility index (Phi) is 3.84. The first-order valence-electron chi connectivity index (χ1n) is 5.92. The summed E-state index contributed by atoms with van der Waals surface area (Å²) in [5.41, 5.74) is 0.00322. The van der Waals surface area contributed by atoms with Crippen LogP contribution in [0.4, 0.5) is 24.7 Å². The van der Waals surface area contributed by atoms with Crippen LogP contribution in [0.15, 0.2) is 18.2 Å². The van der Waals surface area contributed by atoms with Gasteiger partial charge in [0, 0.05) is 17.8 Å². The van der Waals surface area contributed by atoms with E-state index in [1.165, 1.54) is 6.07 Å². The molecule has 0 bridgehead atoms. The molecule has 0 atom stereocenters. The second-order valence-corrected chi connectivity index (χ2v) is 4.48. The molecular weight excluding hydrogens is 285 g/mol. The van der Waals surface area contributed by atoms with E-state index in [0.717, 1.165) is 0 Å². The largest absolute Gasteiger partial charge is 0.478 e. The van der Waals surface area contributed by atoms with Gasteiger partial charge in [-0.15, -0.1) is 0 Å². The molecule has 0 aliphatic heterocycles. The topological polar surface area (TPSA) is 62.2 Å². The van der Waals surface area contributed by atoms with Gasteiger partial charge in [-0.3, -0.25) is 0 Å². The fourth-order valence-corrected chi connectivity index (χ4v) is 1.98. The van der Waals surface area contributed by atoms with Gasteiger partial charge in [-0.25, -0.2) is 22.9 Å². The number of anilines is 2. The van der Waals surface area contributed by atoms with Crippen molar-refractivity contribution >= 4 is 17.5 Å². The third kappa shape index (κ3) is 2.96. The van der Waals surface area contributed by atoms with E-state index in [-0.39, 0.29) is 11.4 Å². The maximum absolute atomic E-state index is 13.6. The Bertz CT molecular complexity index is 709. The predicted octanol–water partition coefficient (Wildman–Crippen LogP) is 3.56. The minimum absolute atomic E-state index is 0.204. The predicted molar refractivity (Wildman–Crippen MR) is 70.3 cm³/mol. The number of benzene rings is 1. The van der Waals surface area contributed by atoms with Gasteiger partial charge >= 0.3 is 5.97 Å². The fraction of sp³-hybridized carbons (Fsp3) is 0.143. The van der Waals surface area contributed by atoms with Crippen LogP contribution in [0.25, 0.3) is 0 Å². The van der Waals surface area contributed by atoms with E-state index < -0.39 is 29.1 Å². The molecular formula is C14H11F3N2O2. The highest BCUT2D eigenvalue weighted by molar-refractivity contribution is 5.95.